The molecule has 1 rings (SSSR count). The third-order valence-electron chi connectivity index (χ3n) is 2.45. The fourth-order valence-electron chi connectivity index (χ4n) is 1.92. The zero-order chi connectivity index (χ0) is 11.8. The molecule has 0 radical (unpaired) electrons. The first kappa shape index (κ1) is 12.3. The number of ether oxygens (including phenoxy) is 1. The van der Waals surface area contributed by atoms with Gasteiger partial charge in [-0.1, -0.05) is 17.7 Å². The molecule has 0 fully saturated rings. The Labute approximate surface area is 96.4 Å². The van der Waals surface area contributed by atoms with Crippen molar-refractivity contribution in [3.8, 4) is 5.75 Å². The van der Waals surface area contributed by atoms with Gasteiger partial charge >= 0.3 is 0 Å². The highest BCUT2D eigenvalue weighted by atomic mass is 35.5. The summed E-state index contributed by atoms with van der Waals surface area (Å²) in [7, 11) is 1.62. The van der Waals surface area contributed by atoms with E-state index in [1.165, 1.54) is 0 Å². The van der Waals surface area contributed by atoms with Crippen LogP contribution in [0.3, 0.4) is 0 Å². The zero-order valence-corrected chi connectivity index (χ0v) is 10.7. The first-order valence-corrected chi connectivity index (χ1v) is 5.30. The highest BCUT2D eigenvalue weighted by Crippen LogP contribution is 2.38. The molecule has 0 aliphatic carbocycles. The fourth-order valence-corrected chi connectivity index (χ4v) is 2.15. The minimum absolute atomic E-state index is 0.452. The summed E-state index contributed by atoms with van der Waals surface area (Å²) in [6.45, 7) is 7.88. The van der Waals surface area contributed by atoms with Crippen molar-refractivity contribution < 1.29 is 4.74 Å². The molecule has 0 bridgehead atoms. The lowest BCUT2D eigenvalue weighted by Crippen LogP contribution is -2.30. The summed E-state index contributed by atoms with van der Waals surface area (Å²) in [5.74, 6) is 0.696. The second kappa shape index (κ2) is 4.03. The topological polar surface area (TPSA) is 35.2 Å². The van der Waals surface area contributed by atoms with Crippen molar-refractivity contribution in [2.75, 3.05) is 7.11 Å². The van der Waals surface area contributed by atoms with E-state index in [1.807, 2.05) is 33.8 Å². The summed E-state index contributed by atoms with van der Waals surface area (Å²) in [6.07, 6.45) is 0. The molecule has 1 aromatic carbocycles. The van der Waals surface area contributed by atoms with Gasteiger partial charge in [-0.2, -0.15) is 0 Å². The number of methoxy groups -OCH3 is 1. The SMILES string of the molecule is COc1c(Cl)c(C)cc(C)c1C(C)(C)N. The molecule has 0 amide bonds. The lowest BCUT2D eigenvalue weighted by atomic mass is 9.89. The maximum Gasteiger partial charge on any atom is 0.143 e. The Morgan fingerprint density at radius 1 is 1.27 bits per heavy atom. The number of rotatable bonds is 2. The van der Waals surface area contributed by atoms with Crippen LogP contribution in [0.4, 0.5) is 0 Å². The van der Waals surface area contributed by atoms with Crippen LogP contribution in [-0.4, -0.2) is 7.11 Å². The summed E-state index contributed by atoms with van der Waals surface area (Å²) in [5, 5.41) is 0.650. The van der Waals surface area contributed by atoms with Gasteiger partial charge in [0.25, 0.3) is 0 Å². The van der Waals surface area contributed by atoms with Crippen molar-refractivity contribution >= 4 is 11.6 Å². The quantitative estimate of drug-likeness (QED) is 0.843. The van der Waals surface area contributed by atoms with Crippen molar-refractivity contribution in [1.29, 1.82) is 0 Å². The molecule has 2 nitrogen and oxygen atoms in total. The summed E-state index contributed by atoms with van der Waals surface area (Å²) in [6, 6.07) is 2.04. The predicted octanol–water partition coefficient (Wildman–Crippen LogP) is 3.16. The third-order valence-corrected chi connectivity index (χ3v) is 2.92. The van der Waals surface area contributed by atoms with Gasteiger partial charge in [0, 0.05) is 11.1 Å². The molecule has 2 N–H and O–H groups in total. The van der Waals surface area contributed by atoms with Crippen LogP contribution in [0.2, 0.25) is 5.02 Å². The molecule has 1 aromatic rings. The molecule has 3 heteroatoms. The largest absolute Gasteiger partial charge is 0.495 e. The molecule has 0 aromatic heterocycles. The summed E-state index contributed by atoms with van der Waals surface area (Å²) >= 11 is 6.20. The number of nitrogens with two attached hydrogens (primary N) is 1. The lowest BCUT2D eigenvalue weighted by molar-refractivity contribution is 0.393. The third kappa shape index (κ3) is 2.27. The monoisotopic (exact) mass is 227 g/mol. The van der Waals surface area contributed by atoms with Crippen LogP contribution >= 0.6 is 11.6 Å². The minimum Gasteiger partial charge on any atom is -0.495 e. The van der Waals surface area contributed by atoms with Crippen molar-refractivity contribution in [3.63, 3.8) is 0 Å². The summed E-state index contributed by atoms with van der Waals surface area (Å²) in [4.78, 5) is 0. The van der Waals surface area contributed by atoms with E-state index in [9.17, 15) is 0 Å². The van der Waals surface area contributed by atoms with Crippen molar-refractivity contribution in [2.24, 2.45) is 5.73 Å². The minimum atomic E-state index is -0.452. The van der Waals surface area contributed by atoms with E-state index in [0.717, 1.165) is 16.7 Å². The van der Waals surface area contributed by atoms with Crippen molar-refractivity contribution in [3.05, 3.63) is 27.8 Å². The van der Waals surface area contributed by atoms with E-state index in [1.54, 1.807) is 7.11 Å². The molecule has 0 unspecified atom stereocenters. The Bertz CT molecular complexity index is 380. The molecule has 0 atom stereocenters. The van der Waals surface area contributed by atoms with Gasteiger partial charge in [0.2, 0.25) is 0 Å². The van der Waals surface area contributed by atoms with E-state index in [0.29, 0.717) is 10.8 Å². The van der Waals surface area contributed by atoms with Crippen molar-refractivity contribution in [1.82, 2.24) is 0 Å². The molecular weight excluding hydrogens is 210 g/mol. The van der Waals surface area contributed by atoms with Gasteiger partial charge in [-0.15, -0.1) is 0 Å². The Morgan fingerprint density at radius 2 is 1.80 bits per heavy atom. The van der Waals surface area contributed by atoms with Crippen LogP contribution in [0.15, 0.2) is 6.07 Å². The molecule has 0 saturated heterocycles. The van der Waals surface area contributed by atoms with Crippen LogP contribution in [0.25, 0.3) is 0 Å². The Hall–Kier alpha value is -0.730. The molecule has 0 aliphatic rings. The Morgan fingerprint density at radius 3 is 2.20 bits per heavy atom. The summed E-state index contributed by atoms with van der Waals surface area (Å²) in [5.41, 5.74) is 8.76. The summed E-state index contributed by atoms with van der Waals surface area (Å²) < 4.78 is 5.35. The van der Waals surface area contributed by atoms with E-state index >= 15 is 0 Å². The van der Waals surface area contributed by atoms with Gasteiger partial charge < -0.3 is 10.5 Å². The van der Waals surface area contributed by atoms with Gasteiger partial charge in [0.05, 0.1) is 12.1 Å². The van der Waals surface area contributed by atoms with E-state index in [4.69, 9.17) is 22.1 Å². The van der Waals surface area contributed by atoms with Crippen LogP contribution in [-0.2, 0) is 5.54 Å². The Kier molecular flexibility index (Phi) is 3.31. The van der Waals surface area contributed by atoms with Crippen LogP contribution in [0.5, 0.6) is 5.75 Å². The van der Waals surface area contributed by atoms with Gasteiger partial charge in [-0.05, 0) is 38.8 Å². The maximum absolute atomic E-state index is 6.20. The van der Waals surface area contributed by atoms with Crippen molar-refractivity contribution in [2.45, 2.75) is 33.2 Å². The molecular formula is C12H18ClNO. The molecule has 0 saturated carbocycles. The number of benzene rings is 1. The number of halogens is 1. The van der Waals surface area contributed by atoms with Gasteiger partial charge in [-0.3, -0.25) is 0 Å². The van der Waals surface area contributed by atoms with Crippen LogP contribution in [0, 0.1) is 13.8 Å². The normalized spacial score (nSPS) is 11.7. The highest BCUT2D eigenvalue weighted by molar-refractivity contribution is 6.33. The van der Waals surface area contributed by atoms with Gasteiger partial charge in [0.15, 0.2) is 0 Å². The van der Waals surface area contributed by atoms with Crippen LogP contribution < -0.4 is 10.5 Å². The molecule has 15 heavy (non-hydrogen) atoms. The average molecular weight is 228 g/mol. The second-order valence-corrected chi connectivity index (χ2v) is 4.83. The molecule has 0 heterocycles. The van der Waals surface area contributed by atoms with Gasteiger partial charge in [-0.25, -0.2) is 0 Å². The lowest BCUT2D eigenvalue weighted by Gasteiger charge is -2.25. The fraction of sp³-hybridized carbons (Fsp3) is 0.500. The maximum atomic E-state index is 6.20. The number of hydrogen-bond acceptors (Lipinski definition) is 2. The van der Waals surface area contributed by atoms with Crippen LogP contribution in [0.1, 0.15) is 30.5 Å². The number of aryl methyl sites for hydroxylation is 2. The molecule has 84 valence electrons. The average Bonchev–Trinajstić information content (AvgIpc) is 2.08. The highest BCUT2D eigenvalue weighted by Gasteiger charge is 2.24. The number of hydrogen-bond donors (Lipinski definition) is 1. The Balaban J connectivity index is 3.57. The standard InChI is InChI=1S/C12H18ClNO/c1-7-6-8(2)10(13)11(15-5)9(7)12(3,4)14/h6H,14H2,1-5H3. The van der Waals surface area contributed by atoms with Gasteiger partial charge in [0.1, 0.15) is 5.75 Å². The smallest absolute Gasteiger partial charge is 0.143 e. The predicted molar refractivity (Wildman–Crippen MR) is 64.7 cm³/mol. The molecule has 0 spiro atoms. The first-order chi connectivity index (χ1) is 6.79. The molecule has 0 aliphatic heterocycles. The second-order valence-electron chi connectivity index (χ2n) is 4.45. The van der Waals surface area contributed by atoms with E-state index in [-0.39, 0.29) is 0 Å². The van der Waals surface area contributed by atoms with E-state index in [2.05, 4.69) is 0 Å². The first-order valence-electron chi connectivity index (χ1n) is 4.92. The zero-order valence-electron chi connectivity index (χ0n) is 9.94. The van der Waals surface area contributed by atoms with E-state index < -0.39 is 5.54 Å².